The van der Waals surface area contributed by atoms with Gasteiger partial charge in [0, 0.05) is 17.7 Å². The van der Waals surface area contributed by atoms with E-state index < -0.39 is 0 Å². The van der Waals surface area contributed by atoms with Crippen molar-refractivity contribution in [3.8, 4) is 11.5 Å². The van der Waals surface area contributed by atoms with E-state index in [1.807, 2.05) is 18.2 Å². The van der Waals surface area contributed by atoms with Gasteiger partial charge >= 0.3 is 0 Å². The van der Waals surface area contributed by atoms with Crippen LogP contribution >= 0.6 is 0 Å². The highest BCUT2D eigenvalue weighted by Crippen LogP contribution is 2.31. The van der Waals surface area contributed by atoms with Gasteiger partial charge < -0.3 is 19.3 Å². The van der Waals surface area contributed by atoms with E-state index >= 15 is 0 Å². The fraction of sp³-hybridized carbons (Fsp3) is 0.235. The van der Waals surface area contributed by atoms with Crippen molar-refractivity contribution in [2.24, 2.45) is 0 Å². The SMILES string of the molecule is COc1cccc(Cn2nccc2NC(=O)c2cc(C)no2)c1OC. The van der Waals surface area contributed by atoms with Crippen molar-refractivity contribution in [1.29, 1.82) is 0 Å². The summed E-state index contributed by atoms with van der Waals surface area (Å²) in [4.78, 5) is 12.2. The van der Waals surface area contributed by atoms with Crippen LogP contribution in [0.15, 0.2) is 41.1 Å². The molecule has 25 heavy (non-hydrogen) atoms. The van der Waals surface area contributed by atoms with E-state index in [-0.39, 0.29) is 11.7 Å². The number of amides is 1. The van der Waals surface area contributed by atoms with E-state index in [2.05, 4.69) is 15.6 Å². The molecule has 0 aliphatic heterocycles. The maximum Gasteiger partial charge on any atom is 0.295 e. The predicted molar refractivity (Wildman–Crippen MR) is 90.1 cm³/mol. The van der Waals surface area contributed by atoms with Crippen molar-refractivity contribution in [3.05, 3.63) is 53.5 Å². The number of para-hydroxylation sites is 1. The fourth-order valence-corrected chi connectivity index (χ4v) is 2.45. The molecule has 2 heterocycles. The minimum atomic E-state index is -0.389. The number of anilines is 1. The molecule has 0 fully saturated rings. The Hall–Kier alpha value is -3.29. The summed E-state index contributed by atoms with van der Waals surface area (Å²) >= 11 is 0. The second-order valence-electron chi connectivity index (χ2n) is 5.31. The quantitative estimate of drug-likeness (QED) is 0.740. The Kier molecular flexibility index (Phi) is 4.69. The molecule has 0 aliphatic rings. The largest absolute Gasteiger partial charge is 0.493 e. The van der Waals surface area contributed by atoms with E-state index in [4.69, 9.17) is 14.0 Å². The smallest absolute Gasteiger partial charge is 0.295 e. The van der Waals surface area contributed by atoms with Gasteiger partial charge in [0.05, 0.1) is 32.7 Å². The number of methoxy groups -OCH3 is 2. The Morgan fingerprint density at radius 2 is 2.12 bits per heavy atom. The number of hydrogen-bond donors (Lipinski definition) is 1. The van der Waals surface area contributed by atoms with Gasteiger partial charge in [0.15, 0.2) is 11.5 Å². The molecule has 0 aliphatic carbocycles. The first kappa shape index (κ1) is 16.6. The highest BCUT2D eigenvalue weighted by atomic mass is 16.5. The predicted octanol–water partition coefficient (Wildman–Crippen LogP) is 2.50. The first-order valence-corrected chi connectivity index (χ1v) is 7.58. The highest BCUT2D eigenvalue weighted by Gasteiger charge is 2.16. The van der Waals surface area contributed by atoms with Crippen LogP contribution in [0.5, 0.6) is 11.5 Å². The van der Waals surface area contributed by atoms with Gasteiger partial charge in [-0.2, -0.15) is 5.10 Å². The number of aromatic nitrogens is 3. The Balaban J connectivity index is 1.82. The molecule has 0 unspecified atom stereocenters. The minimum Gasteiger partial charge on any atom is -0.493 e. The van der Waals surface area contributed by atoms with Crippen LogP contribution in [0, 0.1) is 6.92 Å². The molecule has 0 saturated heterocycles. The summed E-state index contributed by atoms with van der Waals surface area (Å²) < 4.78 is 17.4. The van der Waals surface area contributed by atoms with Crippen molar-refractivity contribution < 1.29 is 18.8 Å². The maximum atomic E-state index is 12.2. The lowest BCUT2D eigenvalue weighted by Gasteiger charge is -2.14. The van der Waals surface area contributed by atoms with Gasteiger partial charge in [-0.3, -0.25) is 4.79 Å². The minimum absolute atomic E-state index is 0.143. The highest BCUT2D eigenvalue weighted by molar-refractivity contribution is 6.01. The molecule has 3 aromatic rings. The molecule has 0 bridgehead atoms. The van der Waals surface area contributed by atoms with Crippen LogP contribution in [0.4, 0.5) is 5.82 Å². The van der Waals surface area contributed by atoms with Gasteiger partial charge in [-0.05, 0) is 13.0 Å². The van der Waals surface area contributed by atoms with E-state index in [9.17, 15) is 4.79 Å². The fourth-order valence-electron chi connectivity index (χ4n) is 2.45. The lowest BCUT2D eigenvalue weighted by molar-refractivity contribution is 0.0987. The monoisotopic (exact) mass is 342 g/mol. The van der Waals surface area contributed by atoms with E-state index in [0.717, 1.165) is 5.56 Å². The lowest BCUT2D eigenvalue weighted by atomic mass is 10.2. The Labute approximate surface area is 144 Å². The standard InChI is InChI=1S/C17H18N4O4/c1-11-9-14(25-20-11)17(22)19-15-7-8-18-21(15)10-12-5-4-6-13(23-2)16(12)24-3/h4-9H,10H2,1-3H3,(H,19,22). The Morgan fingerprint density at radius 1 is 1.28 bits per heavy atom. The molecule has 0 radical (unpaired) electrons. The van der Waals surface area contributed by atoms with Gasteiger partial charge in [-0.1, -0.05) is 17.3 Å². The van der Waals surface area contributed by atoms with Crippen molar-refractivity contribution in [2.75, 3.05) is 19.5 Å². The summed E-state index contributed by atoms with van der Waals surface area (Å²) in [6, 6.07) is 8.87. The summed E-state index contributed by atoms with van der Waals surface area (Å²) in [7, 11) is 3.17. The molecule has 3 rings (SSSR count). The zero-order valence-electron chi connectivity index (χ0n) is 14.1. The average Bonchev–Trinajstić information content (AvgIpc) is 3.24. The number of rotatable bonds is 6. The molecule has 1 N–H and O–H groups in total. The molecule has 1 amide bonds. The summed E-state index contributed by atoms with van der Waals surface area (Å²) in [5, 5.41) is 10.7. The van der Waals surface area contributed by atoms with Crippen LogP contribution in [0.1, 0.15) is 21.8 Å². The summed E-state index contributed by atoms with van der Waals surface area (Å²) in [6.07, 6.45) is 1.61. The van der Waals surface area contributed by atoms with Crippen LogP contribution in [-0.2, 0) is 6.54 Å². The molecule has 130 valence electrons. The number of hydrogen-bond acceptors (Lipinski definition) is 6. The van der Waals surface area contributed by atoms with Gasteiger partial charge in [0.25, 0.3) is 5.91 Å². The van der Waals surface area contributed by atoms with Gasteiger partial charge in [0.1, 0.15) is 5.82 Å². The van der Waals surface area contributed by atoms with Crippen molar-refractivity contribution >= 4 is 11.7 Å². The summed E-state index contributed by atoms with van der Waals surface area (Å²) in [5.74, 6) is 1.55. The summed E-state index contributed by atoms with van der Waals surface area (Å²) in [5.41, 5.74) is 1.51. The molecule has 2 aromatic heterocycles. The number of benzene rings is 1. The van der Waals surface area contributed by atoms with Gasteiger partial charge in [-0.15, -0.1) is 0 Å². The summed E-state index contributed by atoms with van der Waals surface area (Å²) in [6.45, 7) is 2.15. The van der Waals surface area contributed by atoms with Gasteiger partial charge in [0.2, 0.25) is 5.76 Å². The average molecular weight is 342 g/mol. The van der Waals surface area contributed by atoms with Crippen LogP contribution in [0.25, 0.3) is 0 Å². The number of nitrogens with zero attached hydrogens (tertiary/aromatic N) is 3. The first-order valence-electron chi connectivity index (χ1n) is 7.58. The second kappa shape index (κ2) is 7.08. The molecular formula is C17H18N4O4. The first-order chi connectivity index (χ1) is 12.1. The van der Waals surface area contributed by atoms with Crippen molar-refractivity contribution in [3.63, 3.8) is 0 Å². The van der Waals surface area contributed by atoms with Crippen LogP contribution in [-0.4, -0.2) is 35.1 Å². The third-order valence-electron chi connectivity index (χ3n) is 3.61. The number of carbonyl (C=O) groups is 1. The van der Waals surface area contributed by atoms with Crippen LogP contribution in [0.2, 0.25) is 0 Å². The lowest BCUT2D eigenvalue weighted by Crippen LogP contribution is -2.16. The zero-order valence-corrected chi connectivity index (χ0v) is 14.1. The second-order valence-corrected chi connectivity index (χ2v) is 5.31. The number of ether oxygens (including phenoxy) is 2. The molecule has 8 nitrogen and oxygen atoms in total. The third kappa shape index (κ3) is 3.47. The zero-order chi connectivity index (χ0) is 17.8. The normalized spacial score (nSPS) is 10.5. The molecule has 8 heteroatoms. The molecule has 0 saturated carbocycles. The molecule has 0 spiro atoms. The number of nitrogens with one attached hydrogen (secondary N) is 1. The van der Waals surface area contributed by atoms with Crippen LogP contribution in [0.3, 0.4) is 0 Å². The molecule has 1 aromatic carbocycles. The maximum absolute atomic E-state index is 12.2. The topological polar surface area (TPSA) is 91.4 Å². The van der Waals surface area contributed by atoms with E-state index in [1.165, 1.54) is 0 Å². The van der Waals surface area contributed by atoms with Crippen molar-refractivity contribution in [2.45, 2.75) is 13.5 Å². The Bertz CT molecular complexity index is 884. The number of aryl methyl sites for hydroxylation is 1. The van der Waals surface area contributed by atoms with E-state index in [1.54, 1.807) is 44.2 Å². The molecule has 0 atom stereocenters. The Morgan fingerprint density at radius 3 is 2.80 bits per heavy atom. The number of carbonyl (C=O) groups excluding carboxylic acids is 1. The van der Waals surface area contributed by atoms with Crippen LogP contribution < -0.4 is 14.8 Å². The van der Waals surface area contributed by atoms with Crippen molar-refractivity contribution in [1.82, 2.24) is 14.9 Å². The third-order valence-corrected chi connectivity index (χ3v) is 3.61. The van der Waals surface area contributed by atoms with Gasteiger partial charge in [-0.25, -0.2) is 4.68 Å². The van der Waals surface area contributed by atoms with E-state index in [0.29, 0.717) is 29.6 Å². The molecular weight excluding hydrogens is 324 g/mol.